The van der Waals surface area contributed by atoms with Crippen LogP contribution in [-0.4, -0.2) is 36.7 Å². The number of nitrogens with two attached hydrogens (primary N) is 2. The highest BCUT2D eigenvalue weighted by Crippen LogP contribution is 2.19. The molecule has 0 amide bonds. The second kappa shape index (κ2) is 6.62. The highest BCUT2D eigenvalue weighted by atomic mass is 15.3. The van der Waals surface area contributed by atoms with E-state index in [1.54, 1.807) is 4.90 Å². The number of guanidine groups is 1. The zero-order chi connectivity index (χ0) is 15.4. The van der Waals surface area contributed by atoms with Gasteiger partial charge in [-0.05, 0) is 0 Å². The Labute approximate surface area is 131 Å². The van der Waals surface area contributed by atoms with E-state index in [0.29, 0.717) is 12.0 Å². The molecule has 1 fully saturated rings. The van der Waals surface area contributed by atoms with E-state index in [-0.39, 0.29) is 0 Å². The van der Waals surface area contributed by atoms with Gasteiger partial charge in [0.25, 0.3) is 0 Å². The molecule has 0 atom stereocenters. The minimum Gasteiger partial charge on any atom is -0.320 e. The second-order valence-electron chi connectivity index (χ2n) is 5.82. The lowest BCUT2D eigenvalue weighted by Gasteiger charge is -2.32. The molecule has 114 valence electrons. The first-order valence-electron chi connectivity index (χ1n) is 7.83. The standard InChI is InChI=1S/C18H22N4/c19-18(20)22-13-11-21(12-14-22)17(15-7-3-1-4-8-15)16-9-5-2-6-10-16/h1-10,17H,11-14H2,(H3,19,20)/p+2. The summed E-state index contributed by atoms with van der Waals surface area (Å²) in [7, 11) is 0. The Morgan fingerprint density at radius 1 is 0.818 bits per heavy atom. The fourth-order valence-electron chi connectivity index (χ4n) is 3.30. The summed E-state index contributed by atoms with van der Waals surface area (Å²) < 4.78 is 2.07. The summed E-state index contributed by atoms with van der Waals surface area (Å²) in [5, 5.41) is 0. The number of rotatable bonds is 3. The quantitative estimate of drug-likeness (QED) is 0.550. The fourth-order valence-corrected chi connectivity index (χ4v) is 3.30. The van der Waals surface area contributed by atoms with Gasteiger partial charge in [-0.1, -0.05) is 60.7 Å². The smallest absolute Gasteiger partial charge is 0.320 e. The van der Waals surface area contributed by atoms with Crippen LogP contribution in [0.1, 0.15) is 17.2 Å². The van der Waals surface area contributed by atoms with Crippen molar-refractivity contribution in [2.24, 2.45) is 11.5 Å². The molecule has 0 aliphatic carbocycles. The van der Waals surface area contributed by atoms with Gasteiger partial charge in [-0.25, -0.2) is 0 Å². The van der Waals surface area contributed by atoms with E-state index in [9.17, 15) is 0 Å². The monoisotopic (exact) mass is 296 g/mol. The molecule has 0 bridgehead atoms. The van der Waals surface area contributed by atoms with Gasteiger partial charge >= 0.3 is 5.96 Å². The number of piperazine rings is 1. The minimum absolute atomic E-state index is 0.364. The number of hydrogen-bond acceptors (Lipinski definition) is 0. The van der Waals surface area contributed by atoms with Crippen molar-refractivity contribution in [3.8, 4) is 0 Å². The van der Waals surface area contributed by atoms with Crippen molar-refractivity contribution in [1.82, 2.24) is 0 Å². The topological polar surface area (TPSA) is 59.5 Å². The van der Waals surface area contributed by atoms with Crippen molar-refractivity contribution in [2.75, 3.05) is 26.2 Å². The van der Waals surface area contributed by atoms with E-state index in [1.807, 2.05) is 0 Å². The van der Waals surface area contributed by atoms with Crippen molar-refractivity contribution >= 4 is 5.96 Å². The van der Waals surface area contributed by atoms with Crippen molar-refractivity contribution in [1.29, 1.82) is 0 Å². The molecule has 1 saturated heterocycles. The predicted octanol–water partition coefficient (Wildman–Crippen LogP) is -0.0396. The van der Waals surface area contributed by atoms with Crippen LogP contribution in [0.25, 0.3) is 0 Å². The third kappa shape index (κ3) is 3.12. The molecule has 3 rings (SSSR count). The lowest BCUT2D eigenvalue weighted by atomic mass is 9.96. The number of nitrogens with one attached hydrogen (secondary N) is 1. The van der Waals surface area contributed by atoms with Gasteiger partial charge in [-0.2, -0.15) is 0 Å². The van der Waals surface area contributed by atoms with Gasteiger partial charge in [0, 0.05) is 11.1 Å². The number of quaternary nitrogens is 1. The average Bonchev–Trinajstić information content (AvgIpc) is 2.57. The van der Waals surface area contributed by atoms with Crippen LogP contribution in [0.5, 0.6) is 0 Å². The summed E-state index contributed by atoms with van der Waals surface area (Å²) in [6, 6.07) is 21.9. The molecule has 1 aliphatic heterocycles. The molecule has 1 heterocycles. The fraction of sp³-hybridized carbons (Fsp3) is 0.278. The molecule has 1 aliphatic rings. The zero-order valence-corrected chi connectivity index (χ0v) is 12.8. The van der Waals surface area contributed by atoms with Crippen LogP contribution in [-0.2, 0) is 0 Å². The zero-order valence-electron chi connectivity index (χ0n) is 12.8. The Balaban J connectivity index is 1.89. The summed E-state index contributed by atoms with van der Waals surface area (Å²) in [5.41, 5.74) is 14.2. The van der Waals surface area contributed by atoms with Crippen LogP contribution in [0.2, 0.25) is 0 Å². The van der Waals surface area contributed by atoms with Gasteiger partial charge in [0.1, 0.15) is 32.2 Å². The lowest BCUT2D eigenvalue weighted by Crippen LogP contribution is -3.15. The minimum atomic E-state index is 0.364. The average molecular weight is 296 g/mol. The Morgan fingerprint density at radius 3 is 1.68 bits per heavy atom. The van der Waals surface area contributed by atoms with Crippen LogP contribution in [0.15, 0.2) is 60.7 Å². The van der Waals surface area contributed by atoms with Gasteiger partial charge in [-0.15, -0.1) is 0 Å². The van der Waals surface area contributed by atoms with Crippen LogP contribution in [0.3, 0.4) is 0 Å². The van der Waals surface area contributed by atoms with Crippen molar-refractivity contribution in [3.05, 3.63) is 71.8 Å². The van der Waals surface area contributed by atoms with E-state index in [1.165, 1.54) is 11.1 Å². The Bertz CT molecular complexity index is 583. The largest absolute Gasteiger partial charge is 0.341 e. The third-order valence-corrected chi connectivity index (χ3v) is 4.44. The first-order chi connectivity index (χ1) is 10.8. The highest BCUT2D eigenvalue weighted by Gasteiger charge is 2.30. The van der Waals surface area contributed by atoms with E-state index in [2.05, 4.69) is 65.2 Å². The SMILES string of the molecule is NC(N)=[N+]1CC[NH+](C(c2ccccc2)c2ccccc2)CC1. The van der Waals surface area contributed by atoms with Crippen LogP contribution in [0.4, 0.5) is 0 Å². The predicted molar refractivity (Wildman–Crippen MR) is 88.8 cm³/mol. The molecule has 0 unspecified atom stereocenters. The molecule has 2 aromatic rings. The Kier molecular flexibility index (Phi) is 4.39. The summed E-state index contributed by atoms with van der Waals surface area (Å²) in [6.07, 6.45) is 0. The van der Waals surface area contributed by atoms with Crippen LogP contribution in [0, 0.1) is 0 Å². The summed E-state index contributed by atoms with van der Waals surface area (Å²) >= 11 is 0. The van der Waals surface area contributed by atoms with E-state index in [4.69, 9.17) is 11.5 Å². The van der Waals surface area contributed by atoms with Gasteiger partial charge in [-0.3, -0.25) is 16.0 Å². The van der Waals surface area contributed by atoms with Gasteiger partial charge < -0.3 is 4.90 Å². The third-order valence-electron chi connectivity index (χ3n) is 4.44. The van der Waals surface area contributed by atoms with E-state index < -0.39 is 0 Å². The van der Waals surface area contributed by atoms with E-state index >= 15 is 0 Å². The van der Waals surface area contributed by atoms with Crippen LogP contribution >= 0.6 is 0 Å². The summed E-state index contributed by atoms with van der Waals surface area (Å²) in [4.78, 5) is 1.56. The maximum atomic E-state index is 5.72. The molecule has 0 spiro atoms. The van der Waals surface area contributed by atoms with Gasteiger partial charge in [0.05, 0.1) is 0 Å². The van der Waals surface area contributed by atoms with Gasteiger partial charge in [0.2, 0.25) is 0 Å². The molecule has 22 heavy (non-hydrogen) atoms. The van der Waals surface area contributed by atoms with E-state index in [0.717, 1.165) is 26.2 Å². The molecule has 4 nitrogen and oxygen atoms in total. The lowest BCUT2D eigenvalue weighted by molar-refractivity contribution is -0.954. The first-order valence-corrected chi connectivity index (χ1v) is 7.83. The molecule has 4 heteroatoms. The Morgan fingerprint density at radius 2 is 1.27 bits per heavy atom. The molecule has 0 radical (unpaired) electrons. The van der Waals surface area contributed by atoms with Crippen molar-refractivity contribution < 1.29 is 9.48 Å². The second-order valence-corrected chi connectivity index (χ2v) is 5.82. The number of benzene rings is 2. The molecule has 2 aromatic carbocycles. The summed E-state index contributed by atoms with van der Waals surface area (Å²) in [5.74, 6) is 0.440. The molecular weight excluding hydrogens is 272 g/mol. The normalized spacial score (nSPS) is 18.4. The summed E-state index contributed by atoms with van der Waals surface area (Å²) in [6.45, 7) is 3.89. The van der Waals surface area contributed by atoms with Crippen molar-refractivity contribution in [2.45, 2.75) is 6.04 Å². The molecule has 0 saturated carbocycles. The maximum absolute atomic E-state index is 5.72. The van der Waals surface area contributed by atoms with Crippen LogP contribution < -0.4 is 16.4 Å². The Hall–Kier alpha value is -2.33. The van der Waals surface area contributed by atoms with Crippen molar-refractivity contribution in [3.63, 3.8) is 0 Å². The molecule has 5 N–H and O–H groups in total. The van der Waals surface area contributed by atoms with Gasteiger partial charge in [0.15, 0.2) is 0 Å². The number of hydrogen-bond donors (Lipinski definition) is 3. The molecule has 0 aromatic heterocycles. The maximum Gasteiger partial charge on any atom is 0.341 e. The number of nitrogens with zero attached hydrogens (tertiary/aromatic N) is 1. The highest BCUT2D eigenvalue weighted by molar-refractivity contribution is 5.70. The first kappa shape index (κ1) is 14.6. The molecular formula is C18H24N4+2.